The number of benzene rings is 1. The number of carbonyl (C=O) groups excluding carboxylic acids is 5. The first-order valence-corrected chi connectivity index (χ1v) is 12.1. The van der Waals surface area contributed by atoms with Crippen molar-refractivity contribution in [3.05, 3.63) is 35.9 Å². The van der Waals surface area contributed by atoms with Crippen LogP contribution in [0.15, 0.2) is 30.3 Å². The van der Waals surface area contributed by atoms with Crippen LogP contribution in [0.4, 0.5) is 0 Å². The number of carbonyl (C=O) groups is 8. The number of nitrogens with two attached hydrogens (primary N) is 1. The Morgan fingerprint density at radius 3 is 1.73 bits per heavy atom. The number of hydrogen-bond donors (Lipinski definition) is 9. The molecule has 0 bridgehead atoms. The van der Waals surface area contributed by atoms with Crippen molar-refractivity contribution in [3.63, 3.8) is 0 Å². The van der Waals surface area contributed by atoms with Crippen molar-refractivity contribution in [2.45, 2.75) is 50.4 Å². The fourth-order valence-corrected chi connectivity index (χ4v) is 3.18. The summed E-state index contributed by atoms with van der Waals surface area (Å²) in [4.78, 5) is 94.5. The first-order chi connectivity index (χ1) is 19.2. The molecule has 224 valence electrons. The van der Waals surface area contributed by atoms with Crippen LogP contribution in [-0.2, 0) is 44.8 Å². The lowest BCUT2D eigenvalue weighted by atomic mass is 10.0. The van der Waals surface area contributed by atoms with Crippen molar-refractivity contribution >= 4 is 47.4 Å². The van der Waals surface area contributed by atoms with E-state index in [1.54, 1.807) is 30.3 Å². The van der Waals surface area contributed by atoms with Gasteiger partial charge in [-0.25, -0.2) is 0 Å². The lowest BCUT2D eigenvalue weighted by Crippen LogP contribution is -2.55. The highest BCUT2D eigenvalue weighted by molar-refractivity contribution is 5.95. The van der Waals surface area contributed by atoms with Crippen molar-refractivity contribution in [1.82, 2.24) is 26.6 Å². The van der Waals surface area contributed by atoms with Crippen molar-refractivity contribution < 1.29 is 53.7 Å². The highest BCUT2D eigenvalue weighted by Crippen LogP contribution is 2.04. The van der Waals surface area contributed by atoms with Gasteiger partial charge in [-0.05, 0) is 12.5 Å². The molecule has 4 atom stereocenters. The zero-order valence-corrected chi connectivity index (χ0v) is 21.9. The van der Waals surface area contributed by atoms with Gasteiger partial charge in [0.1, 0.15) is 18.1 Å². The van der Waals surface area contributed by atoms with Crippen LogP contribution in [0.3, 0.4) is 0 Å². The Morgan fingerprint density at radius 1 is 0.707 bits per heavy atom. The molecule has 0 unspecified atom stereocenters. The Kier molecular flexibility index (Phi) is 13.9. The van der Waals surface area contributed by atoms with E-state index in [9.17, 15) is 38.4 Å². The van der Waals surface area contributed by atoms with E-state index in [1.165, 1.54) is 6.92 Å². The predicted octanol–water partition coefficient (Wildman–Crippen LogP) is -3.70. The first kappa shape index (κ1) is 34.0. The molecular weight excluding hydrogens is 548 g/mol. The van der Waals surface area contributed by atoms with Gasteiger partial charge >= 0.3 is 17.9 Å². The Bertz CT molecular complexity index is 1140. The van der Waals surface area contributed by atoms with Crippen LogP contribution in [0.1, 0.15) is 25.3 Å². The third-order valence-corrected chi connectivity index (χ3v) is 5.27. The maximum Gasteiger partial charge on any atom is 0.325 e. The quantitative estimate of drug-likeness (QED) is 0.0860. The Hall–Kier alpha value is -5.06. The van der Waals surface area contributed by atoms with Gasteiger partial charge in [0, 0.05) is 6.42 Å². The molecule has 0 radical (unpaired) electrons. The number of rotatable bonds is 17. The van der Waals surface area contributed by atoms with Gasteiger partial charge in [-0.3, -0.25) is 38.4 Å². The molecule has 0 aromatic heterocycles. The average molecular weight is 581 g/mol. The molecule has 17 heteroatoms. The maximum atomic E-state index is 12.6. The summed E-state index contributed by atoms with van der Waals surface area (Å²) in [5, 5.41) is 37.7. The average Bonchev–Trinajstić information content (AvgIpc) is 2.89. The van der Waals surface area contributed by atoms with E-state index in [0.717, 1.165) is 0 Å². The number of nitrogens with one attached hydrogen (secondary N) is 5. The number of carboxylic acids is 3. The smallest absolute Gasteiger partial charge is 0.325 e. The van der Waals surface area contributed by atoms with Gasteiger partial charge in [-0.15, -0.1) is 0 Å². The molecule has 0 heterocycles. The van der Waals surface area contributed by atoms with Crippen LogP contribution in [0.2, 0.25) is 0 Å². The molecule has 5 amide bonds. The van der Waals surface area contributed by atoms with E-state index in [4.69, 9.17) is 21.1 Å². The third-order valence-electron chi connectivity index (χ3n) is 5.27. The Morgan fingerprint density at radius 2 is 1.22 bits per heavy atom. The molecule has 17 nitrogen and oxygen atoms in total. The summed E-state index contributed by atoms with van der Waals surface area (Å²) in [5.74, 6) is -8.85. The highest BCUT2D eigenvalue weighted by atomic mass is 16.4. The molecule has 0 aliphatic carbocycles. The van der Waals surface area contributed by atoms with Crippen LogP contribution in [0, 0.1) is 0 Å². The summed E-state index contributed by atoms with van der Waals surface area (Å²) in [5.41, 5.74) is 6.00. The molecule has 0 fully saturated rings. The number of carboxylic acid groups (broad SMARTS) is 3. The van der Waals surface area contributed by atoms with Gasteiger partial charge in [0.2, 0.25) is 29.5 Å². The molecule has 0 aliphatic rings. The number of amides is 5. The lowest BCUT2D eigenvalue weighted by molar-refractivity contribution is -0.141. The van der Waals surface area contributed by atoms with Crippen LogP contribution in [-0.4, -0.2) is 100 Å². The molecule has 1 rings (SSSR count). The summed E-state index contributed by atoms with van der Waals surface area (Å²) < 4.78 is 0. The minimum atomic E-state index is -1.67. The van der Waals surface area contributed by atoms with Gasteiger partial charge in [0.05, 0.1) is 32.0 Å². The molecular formula is C24H32N6O11. The van der Waals surface area contributed by atoms with E-state index >= 15 is 0 Å². The largest absolute Gasteiger partial charge is 0.481 e. The molecule has 0 saturated heterocycles. The van der Waals surface area contributed by atoms with Crippen LogP contribution >= 0.6 is 0 Å². The van der Waals surface area contributed by atoms with E-state index in [2.05, 4.69) is 26.6 Å². The molecule has 0 aliphatic heterocycles. The fourth-order valence-electron chi connectivity index (χ4n) is 3.18. The number of hydrogen-bond acceptors (Lipinski definition) is 9. The van der Waals surface area contributed by atoms with Gasteiger partial charge in [0.25, 0.3) is 0 Å². The molecule has 41 heavy (non-hydrogen) atoms. The van der Waals surface area contributed by atoms with Gasteiger partial charge < -0.3 is 47.6 Å². The first-order valence-electron chi connectivity index (χ1n) is 12.1. The van der Waals surface area contributed by atoms with Crippen molar-refractivity contribution in [3.8, 4) is 0 Å². The highest BCUT2D eigenvalue weighted by Gasteiger charge is 2.27. The zero-order valence-electron chi connectivity index (χ0n) is 21.9. The maximum absolute atomic E-state index is 12.6. The summed E-state index contributed by atoms with van der Waals surface area (Å²) in [7, 11) is 0. The Balaban J connectivity index is 2.78. The van der Waals surface area contributed by atoms with Gasteiger partial charge in [-0.2, -0.15) is 0 Å². The van der Waals surface area contributed by atoms with Crippen molar-refractivity contribution in [1.29, 1.82) is 0 Å². The van der Waals surface area contributed by atoms with Crippen LogP contribution in [0.5, 0.6) is 0 Å². The minimum Gasteiger partial charge on any atom is -0.481 e. The number of aliphatic carboxylic acids is 3. The van der Waals surface area contributed by atoms with E-state index in [-0.39, 0.29) is 6.42 Å². The monoisotopic (exact) mass is 580 g/mol. The summed E-state index contributed by atoms with van der Waals surface area (Å²) >= 11 is 0. The van der Waals surface area contributed by atoms with Crippen LogP contribution in [0.25, 0.3) is 0 Å². The molecule has 1 aromatic carbocycles. The van der Waals surface area contributed by atoms with E-state index < -0.39 is 97.5 Å². The van der Waals surface area contributed by atoms with Crippen molar-refractivity contribution in [2.75, 3.05) is 13.1 Å². The fraction of sp³-hybridized carbons (Fsp3) is 0.417. The van der Waals surface area contributed by atoms with Gasteiger partial charge in [-0.1, -0.05) is 30.3 Å². The summed E-state index contributed by atoms with van der Waals surface area (Å²) in [6.07, 6.45) is -1.61. The Labute approximate surface area is 233 Å². The minimum absolute atomic E-state index is 0.0156. The summed E-state index contributed by atoms with van der Waals surface area (Å²) in [6, 6.07) is 2.87. The second-order valence-corrected chi connectivity index (χ2v) is 8.74. The molecule has 1 aromatic rings. The molecule has 0 saturated carbocycles. The zero-order chi connectivity index (χ0) is 31.1. The standard InChI is InChI=1S/C24H32N6O11/c1-12(24(40)41)28-23(39)15(7-13-5-3-2-4-6-13)29-18(32)11-27-22(38)16(9-20(35)36)30-17(31)10-26-21(37)14(25)8-19(33)34/h2-6,12,14-16H,7-11,25H2,1H3,(H,26,37)(H,27,38)(H,28,39)(H,29,32)(H,30,31)(H,33,34)(H,35,36)(H,40,41)/t12-,14-,15-,16-/m0/s1. The SMILES string of the molecule is C[C@H](NC(=O)[C@H](Cc1ccccc1)NC(=O)CNC(=O)[C@H](CC(=O)O)NC(=O)CNC(=O)[C@@H](N)CC(=O)O)C(=O)O. The normalized spacial score (nSPS) is 13.3. The summed E-state index contributed by atoms with van der Waals surface area (Å²) in [6.45, 7) is -0.256. The van der Waals surface area contributed by atoms with E-state index in [1.807, 2.05) is 0 Å². The molecule has 0 spiro atoms. The van der Waals surface area contributed by atoms with Crippen LogP contribution < -0.4 is 32.3 Å². The van der Waals surface area contributed by atoms with E-state index in [0.29, 0.717) is 5.56 Å². The van der Waals surface area contributed by atoms with Gasteiger partial charge in [0.15, 0.2) is 0 Å². The lowest BCUT2D eigenvalue weighted by Gasteiger charge is -2.21. The molecule has 10 N–H and O–H groups in total. The predicted molar refractivity (Wildman–Crippen MR) is 138 cm³/mol. The second kappa shape index (κ2) is 16.8. The van der Waals surface area contributed by atoms with Crippen molar-refractivity contribution in [2.24, 2.45) is 5.73 Å². The third kappa shape index (κ3) is 13.5. The second-order valence-electron chi connectivity index (χ2n) is 8.74. The topological polar surface area (TPSA) is 283 Å².